The molecule has 0 aliphatic heterocycles. The molecule has 0 aromatic rings. The van der Waals surface area contributed by atoms with Gasteiger partial charge in [-0.1, -0.05) is 66.2 Å². The van der Waals surface area contributed by atoms with Crippen molar-refractivity contribution in [1.82, 2.24) is 0 Å². The van der Waals surface area contributed by atoms with Gasteiger partial charge in [0.05, 0.1) is 19.1 Å². The third-order valence-electron chi connectivity index (χ3n) is 13.0. The molecule has 0 radical (unpaired) electrons. The Bertz CT molecular complexity index is 1110. The zero-order valence-electron chi connectivity index (χ0n) is 23.7. The fourth-order valence-electron chi connectivity index (χ4n) is 10.6. The van der Waals surface area contributed by atoms with E-state index < -0.39 is 10.8 Å². The highest BCUT2D eigenvalue weighted by Crippen LogP contribution is 2.75. The van der Waals surface area contributed by atoms with Crippen molar-refractivity contribution in [2.24, 2.45) is 56.7 Å². The van der Waals surface area contributed by atoms with E-state index in [1.807, 2.05) is 0 Å². The number of ketones is 1. The number of esters is 1. The van der Waals surface area contributed by atoms with Crippen molar-refractivity contribution in [3.8, 4) is 0 Å². The van der Waals surface area contributed by atoms with Crippen LogP contribution in [0.4, 0.5) is 0 Å². The molecule has 3 saturated carbocycles. The van der Waals surface area contributed by atoms with Crippen LogP contribution in [0.2, 0.25) is 0 Å². The van der Waals surface area contributed by atoms with Crippen molar-refractivity contribution in [2.45, 2.75) is 93.4 Å². The summed E-state index contributed by atoms with van der Waals surface area (Å²) >= 11 is 0. The molecule has 0 aromatic carbocycles. The Kier molecular flexibility index (Phi) is 5.59. The standard InChI is InChI=1S/C32H45NO3/c1-19-12-15-32(27(35)36-9)17-16-30(6)21(25(32)20(19)2)10-11-24-29(5)18-22(33-8)26(34)28(3,4)23(29)13-14-31(24,30)7/h10,18-20,23-25H,11-17H2,1-7,9H3/t19-,20+,23?,24?,25?,29+,30-,31-,32+/m1/s1. The summed E-state index contributed by atoms with van der Waals surface area (Å²) in [5.74, 6) is 1.88. The van der Waals surface area contributed by atoms with Gasteiger partial charge in [0.2, 0.25) is 5.70 Å². The molecule has 5 aliphatic rings. The Labute approximate surface area is 218 Å². The molecule has 0 aromatic heterocycles. The van der Waals surface area contributed by atoms with Gasteiger partial charge in [-0.25, -0.2) is 4.85 Å². The second-order valence-corrected chi connectivity index (χ2v) is 14.3. The van der Waals surface area contributed by atoms with Gasteiger partial charge in [0.1, 0.15) is 0 Å². The molecule has 5 rings (SSSR count). The predicted octanol–water partition coefficient (Wildman–Crippen LogP) is 7.41. The first-order chi connectivity index (χ1) is 16.7. The van der Waals surface area contributed by atoms with E-state index in [2.05, 4.69) is 65.5 Å². The molecule has 0 N–H and O–H groups in total. The van der Waals surface area contributed by atoms with Crippen LogP contribution in [0.1, 0.15) is 93.4 Å². The highest BCUT2D eigenvalue weighted by molar-refractivity contribution is 6.02. The maximum atomic E-state index is 13.4. The number of carbonyl (C=O) groups is 2. The lowest BCUT2D eigenvalue weighted by molar-refractivity contribution is -0.179. The summed E-state index contributed by atoms with van der Waals surface area (Å²) in [4.78, 5) is 30.4. The molecule has 0 heterocycles. The average molecular weight is 492 g/mol. The van der Waals surface area contributed by atoms with E-state index in [9.17, 15) is 9.59 Å². The van der Waals surface area contributed by atoms with E-state index in [0.29, 0.717) is 23.5 Å². The number of hydrogen-bond acceptors (Lipinski definition) is 3. The highest BCUT2D eigenvalue weighted by atomic mass is 16.5. The second kappa shape index (κ2) is 7.81. The molecule has 5 aliphatic carbocycles. The van der Waals surface area contributed by atoms with E-state index >= 15 is 0 Å². The molecule has 4 nitrogen and oxygen atoms in total. The largest absolute Gasteiger partial charge is 0.469 e. The lowest BCUT2D eigenvalue weighted by Crippen LogP contribution is -2.64. The van der Waals surface area contributed by atoms with Crippen LogP contribution < -0.4 is 0 Å². The van der Waals surface area contributed by atoms with Crippen molar-refractivity contribution in [2.75, 3.05) is 7.11 Å². The SMILES string of the molecule is [C-]#[N+]C1=C[C@@]2(C)C(CC[C@]3(C)C2CC=C2C4[C@@H](C)[C@H](C)CC[C@]4(C(=O)OC)CC[C@]23C)C(C)(C)C1=O. The van der Waals surface area contributed by atoms with Crippen LogP contribution in [-0.2, 0) is 14.3 Å². The molecular weight excluding hydrogens is 446 g/mol. The molecule has 4 heteroatoms. The number of rotatable bonds is 1. The molecule has 0 spiro atoms. The van der Waals surface area contributed by atoms with Crippen LogP contribution in [0.5, 0.6) is 0 Å². The zero-order chi connectivity index (χ0) is 26.5. The molecule has 0 saturated heterocycles. The van der Waals surface area contributed by atoms with Crippen molar-refractivity contribution in [3.05, 3.63) is 34.8 Å². The second-order valence-electron chi connectivity index (χ2n) is 14.3. The summed E-state index contributed by atoms with van der Waals surface area (Å²) in [7, 11) is 1.56. The average Bonchev–Trinajstić information content (AvgIpc) is 2.83. The van der Waals surface area contributed by atoms with Crippen LogP contribution in [0.3, 0.4) is 0 Å². The lowest BCUT2D eigenvalue weighted by Gasteiger charge is -2.70. The van der Waals surface area contributed by atoms with Crippen LogP contribution in [0, 0.1) is 63.2 Å². The molecule has 3 unspecified atom stereocenters. The molecule has 9 atom stereocenters. The van der Waals surface area contributed by atoms with E-state index in [-0.39, 0.29) is 39.8 Å². The summed E-state index contributed by atoms with van der Waals surface area (Å²) in [5.41, 5.74) is 0.783. The maximum absolute atomic E-state index is 13.4. The van der Waals surface area contributed by atoms with Gasteiger partial charge in [-0.3, -0.25) is 4.79 Å². The quantitative estimate of drug-likeness (QED) is 0.218. The Morgan fingerprint density at radius 3 is 2.36 bits per heavy atom. The summed E-state index contributed by atoms with van der Waals surface area (Å²) < 4.78 is 5.49. The van der Waals surface area contributed by atoms with E-state index in [4.69, 9.17) is 11.3 Å². The number of allylic oxidation sites excluding steroid dienone is 4. The molecular formula is C32H45NO3. The Hall–Kier alpha value is -1.89. The number of carbonyl (C=O) groups excluding carboxylic acids is 2. The molecule has 0 bridgehead atoms. The first-order valence-electron chi connectivity index (χ1n) is 14.2. The summed E-state index contributed by atoms with van der Waals surface area (Å²) in [6.07, 6.45) is 11.6. The molecule has 36 heavy (non-hydrogen) atoms. The number of nitrogens with zero attached hydrogens (tertiary/aromatic N) is 1. The Morgan fingerprint density at radius 1 is 1.03 bits per heavy atom. The Balaban J connectivity index is 1.67. The molecule has 196 valence electrons. The molecule has 3 fully saturated rings. The van der Waals surface area contributed by atoms with Crippen LogP contribution in [0.15, 0.2) is 23.4 Å². The summed E-state index contributed by atoms with van der Waals surface area (Å²) in [6.45, 7) is 24.0. The highest BCUT2D eigenvalue weighted by Gasteiger charge is 2.69. The van der Waals surface area contributed by atoms with Crippen molar-refractivity contribution in [3.63, 3.8) is 0 Å². The topological polar surface area (TPSA) is 47.7 Å². The number of hydrogen-bond donors (Lipinski definition) is 0. The fourth-order valence-corrected chi connectivity index (χ4v) is 10.6. The van der Waals surface area contributed by atoms with Gasteiger partial charge in [-0.2, -0.15) is 0 Å². The van der Waals surface area contributed by atoms with Gasteiger partial charge in [0.25, 0.3) is 0 Å². The molecule has 0 amide bonds. The van der Waals surface area contributed by atoms with E-state index in [1.165, 1.54) is 5.57 Å². The normalized spacial score (nSPS) is 49.2. The van der Waals surface area contributed by atoms with Crippen molar-refractivity contribution in [1.29, 1.82) is 0 Å². The van der Waals surface area contributed by atoms with Crippen LogP contribution in [-0.4, -0.2) is 18.9 Å². The first kappa shape index (κ1) is 25.7. The minimum Gasteiger partial charge on any atom is -0.469 e. The minimum absolute atomic E-state index is 0.00485. The Morgan fingerprint density at radius 2 is 1.72 bits per heavy atom. The van der Waals surface area contributed by atoms with Gasteiger partial charge in [0.15, 0.2) is 5.78 Å². The van der Waals surface area contributed by atoms with Gasteiger partial charge in [0, 0.05) is 5.41 Å². The van der Waals surface area contributed by atoms with Gasteiger partial charge >= 0.3 is 5.97 Å². The van der Waals surface area contributed by atoms with Crippen LogP contribution in [0.25, 0.3) is 4.85 Å². The van der Waals surface area contributed by atoms with E-state index in [0.717, 1.165) is 44.9 Å². The van der Waals surface area contributed by atoms with Crippen LogP contribution >= 0.6 is 0 Å². The smallest absolute Gasteiger partial charge is 0.312 e. The van der Waals surface area contributed by atoms with E-state index in [1.54, 1.807) is 7.11 Å². The van der Waals surface area contributed by atoms with Crippen molar-refractivity contribution < 1.29 is 14.3 Å². The third kappa shape index (κ3) is 2.87. The lowest BCUT2D eigenvalue weighted by atomic mass is 9.34. The number of fused-ring (bicyclic) bond motifs is 7. The predicted molar refractivity (Wildman–Crippen MR) is 141 cm³/mol. The third-order valence-corrected chi connectivity index (χ3v) is 13.0. The summed E-state index contributed by atoms with van der Waals surface area (Å²) in [5, 5.41) is 0. The number of methoxy groups -OCH3 is 1. The maximum Gasteiger partial charge on any atom is 0.312 e. The fraction of sp³-hybridized carbons (Fsp3) is 0.781. The first-order valence-corrected chi connectivity index (χ1v) is 14.2. The van der Waals surface area contributed by atoms with Crippen molar-refractivity contribution >= 4 is 11.8 Å². The minimum atomic E-state index is -0.518. The monoisotopic (exact) mass is 491 g/mol. The van der Waals surface area contributed by atoms with Gasteiger partial charge < -0.3 is 9.53 Å². The summed E-state index contributed by atoms with van der Waals surface area (Å²) in [6, 6.07) is 0. The van der Waals surface area contributed by atoms with Gasteiger partial charge in [-0.15, -0.1) is 0 Å². The zero-order valence-corrected chi connectivity index (χ0v) is 23.7. The number of Topliss-reactive ketones (excluding diaryl/α,β-unsaturated/α-hetero) is 1. The number of ether oxygens (including phenoxy) is 1. The van der Waals surface area contributed by atoms with Gasteiger partial charge in [-0.05, 0) is 90.8 Å².